The molecule has 0 fully saturated rings. The van der Waals surface area contributed by atoms with Crippen LogP contribution in [0, 0.1) is 0 Å². The maximum atomic E-state index is 10.6. The Hall–Kier alpha value is -2.74. The maximum Gasteiger partial charge on any atom is 0.235 e. The number of nitrogens with two attached hydrogens (primary N) is 2. The van der Waals surface area contributed by atoms with Gasteiger partial charge in [0, 0.05) is 25.9 Å². The zero-order valence-corrected chi connectivity index (χ0v) is 14.1. The topological polar surface area (TPSA) is 122 Å². The number of hydrogen-bond donors (Lipinski definition) is 5. The van der Waals surface area contributed by atoms with E-state index in [0.29, 0.717) is 25.9 Å². The minimum atomic E-state index is -0.240. The highest BCUT2D eigenvalue weighted by Crippen LogP contribution is 2.17. The van der Waals surface area contributed by atoms with E-state index in [2.05, 4.69) is 53.8 Å². The van der Waals surface area contributed by atoms with Gasteiger partial charge in [-0.15, -0.1) is 0 Å². The minimum absolute atomic E-state index is 0.240. The summed E-state index contributed by atoms with van der Waals surface area (Å²) in [4.78, 5) is 21.2. The number of carbonyl (C=O) groups excluding carboxylic acids is 2. The third-order valence-corrected chi connectivity index (χ3v) is 3.26. The molecule has 0 saturated heterocycles. The van der Waals surface area contributed by atoms with Crippen LogP contribution in [-0.2, 0) is 9.59 Å². The Kier molecular flexibility index (Phi) is 10.3. The molecule has 0 bridgehead atoms. The molecule has 7 heteroatoms. The molecule has 0 aliphatic rings. The van der Waals surface area contributed by atoms with Crippen LogP contribution in [0.25, 0.3) is 11.1 Å². The van der Waals surface area contributed by atoms with Crippen molar-refractivity contribution in [3.63, 3.8) is 0 Å². The highest BCUT2D eigenvalue weighted by atomic mass is 16.2. The lowest BCUT2D eigenvalue weighted by molar-refractivity contribution is -0.121. The molecule has 2 rings (SSSR count). The van der Waals surface area contributed by atoms with E-state index in [1.54, 1.807) is 0 Å². The van der Waals surface area contributed by atoms with Gasteiger partial charge in [0.05, 0.1) is 0 Å². The third-order valence-electron chi connectivity index (χ3n) is 3.26. The van der Waals surface area contributed by atoms with Gasteiger partial charge in [0.2, 0.25) is 11.8 Å². The predicted molar refractivity (Wildman–Crippen MR) is 98.6 cm³/mol. The molecular weight excluding hydrogens is 318 g/mol. The van der Waals surface area contributed by atoms with Crippen molar-refractivity contribution in [1.82, 2.24) is 16.2 Å². The summed E-state index contributed by atoms with van der Waals surface area (Å²) < 4.78 is 0. The number of amides is 2. The van der Waals surface area contributed by atoms with Gasteiger partial charge in [-0.1, -0.05) is 60.7 Å². The molecule has 2 amide bonds. The molecule has 0 radical (unpaired) electrons. The zero-order chi connectivity index (χ0) is 18.3. The Morgan fingerprint density at radius 3 is 1.36 bits per heavy atom. The van der Waals surface area contributed by atoms with Gasteiger partial charge in [-0.3, -0.25) is 20.4 Å². The van der Waals surface area contributed by atoms with Gasteiger partial charge >= 0.3 is 0 Å². The van der Waals surface area contributed by atoms with Crippen LogP contribution >= 0.6 is 0 Å². The minimum Gasteiger partial charge on any atom is -0.316 e. The second-order valence-electron chi connectivity index (χ2n) is 5.12. The number of carbonyl (C=O) groups is 2. The van der Waals surface area contributed by atoms with E-state index in [0.717, 1.165) is 0 Å². The van der Waals surface area contributed by atoms with E-state index in [-0.39, 0.29) is 11.8 Å². The van der Waals surface area contributed by atoms with Crippen molar-refractivity contribution in [2.45, 2.75) is 12.8 Å². The molecule has 0 unspecified atom stereocenters. The molecule has 0 aliphatic carbocycles. The van der Waals surface area contributed by atoms with Crippen LogP contribution in [0.4, 0.5) is 0 Å². The fraction of sp³-hybridized carbons (Fsp3) is 0.222. The fourth-order valence-corrected chi connectivity index (χ4v) is 1.93. The van der Waals surface area contributed by atoms with E-state index in [4.69, 9.17) is 11.7 Å². The average molecular weight is 343 g/mol. The highest BCUT2D eigenvalue weighted by Gasteiger charge is 1.99. The van der Waals surface area contributed by atoms with Gasteiger partial charge in [-0.2, -0.15) is 0 Å². The second-order valence-corrected chi connectivity index (χ2v) is 5.12. The Morgan fingerprint density at radius 1 is 0.680 bits per heavy atom. The lowest BCUT2D eigenvalue weighted by Crippen LogP contribution is -2.35. The van der Waals surface area contributed by atoms with Crippen LogP contribution in [0.2, 0.25) is 0 Å². The van der Waals surface area contributed by atoms with Crippen LogP contribution in [-0.4, -0.2) is 24.9 Å². The number of benzene rings is 2. The molecule has 134 valence electrons. The molecule has 0 atom stereocenters. The first-order valence-electron chi connectivity index (χ1n) is 7.97. The van der Waals surface area contributed by atoms with Crippen LogP contribution in [0.3, 0.4) is 0 Å². The first-order valence-corrected chi connectivity index (χ1v) is 7.97. The number of nitrogens with one attached hydrogen (secondary N) is 3. The van der Waals surface area contributed by atoms with Crippen LogP contribution in [0.1, 0.15) is 12.8 Å². The zero-order valence-electron chi connectivity index (χ0n) is 14.1. The quantitative estimate of drug-likeness (QED) is 0.219. The van der Waals surface area contributed by atoms with Crippen molar-refractivity contribution in [3.8, 4) is 11.1 Å². The predicted octanol–water partition coefficient (Wildman–Crippen LogP) is 0.690. The molecule has 0 saturated carbocycles. The van der Waals surface area contributed by atoms with E-state index in [1.807, 2.05) is 23.0 Å². The van der Waals surface area contributed by atoms with Crippen molar-refractivity contribution in [3.05, 3.63) is 60.7 Å². The lowest BCUT2D eigenvalue weighted by Gasteiger charge is -2.02. The van der Waals surface area contributed by atoms with Gasteiger partial charge < -0.3 is 5.32 Å². The normalized spacial score (nSPS) is 9.52. The molecule has 0 aliphatic heterocycles. The summed E-state index contributed by atoms with van der Waals surface area (Å²) >= 11 is 0. The first kappa shape index (κ1) is 20.3. The van der Waals surface area contributed by atoms with Gasteiger partial charge in [0.1, 0.15) is 0 Å². The van der Waals surface area contributed by atoms with Crippen molar-refractivity contribution in [2.75, 3.05) is 13.1 Å². The van der Waals surface area contributed by atoms with Crippen molar-refractivity contribution in [1.29, 1.82) is 0 Å². The van der Waals surface area contributed by atoms with Crippen molar-refractivity contribution in [2.24, 2.45) is 11.7 Å². The van der Waals surface area contributed by atoms with Crippen LogP contribution in [0.15, 0.2) is 60.7 Å². The number of rotatable bonds is 7. The van der Waals surface area contributed by atoms with Crippen molar-refractivity contribution >= 4 is 11.8 Å². The average Bonchev–Trinajstić information content (AvgIpc) is 2.69. The number of hydrogen-bond acceptors (Lipinski definition) is 5. The van der Waals surface area contributed by atoms with Crippen molar-refractivity contribution < 1.29 is 9.59 Å². The molecule has 7 nitrogen and oxygen atoms in total. The van der Waals surface area contributed by atoms with Gasteiger partial charge in [-0.05, 0) is 11.1 Å². The largest absolute Gasteiger partial charge is 0.316 e. The Bertz CT molecular complexity index is 564. The summed E-state index contributed by atoms with van der Waals surface area (Å²) in [5.74, 6) is 9.22. The first-order chi connectivity index (χ1) is 12.2. The molecule has 0 spiro atoms. The standard InChI is InChI=1S/C12H10.C6H15N5O2/c1-3-7-11(8-4-1)12-9-5-2-6-10-12;7-10-5(12)1-3-9-4-2-6(13)11-8/h1-10H;9H,1-4,7-8H2,(H,10,12)(H,11,13). The Labute approximate surface area is 147 Å². The van der Waals surface area contributed by atoms with Crippen LogP contribution in [0.5, 0.6) is 0 Å². The summed E-state index contributed by atoms with van der Waals surface area (Å²) in [6.07, 6.45) is 0.585. The SMILES string of the molecule is NNC(=O)CCNCCC(=O)NN.c1ccc(-c2ccccc2)cc1. The summed E-state index contributed by atoms with van der Waals surface area (Å²) in [5.41, 5.74) is 6.55. The Morgan fingerprint density at radius 2 is 1.04 bits per heavy atom. The second kappa shape index (κ2) is 12.7. The van der Waals surface area contributed by atoms with E-state index in [9.17, 15) is 9.59 Å². The Balaban J connectivity index is 0.000000250. The van der Waals surface area contributed by atoms with Gasteiger partial charge in [0.15, 0.2) is 0 Å². The number of hydrazine groups is 2. The van der Waals surface area contributed by atoms with E-state index in [1.165, 1.54) is 11.1 Å². The molecule has 2 aromatic carbocycles. The molecule has 2 aromatic rings. The summed E-state index contributed by atoms with van der Waals surface area (Å²) in [6, 6.07) is 20.8. The van der Waals surface area contributed by atoms with Gasteiger partial charge in [-0.25, -0.2) is 11.7 Å². The fourth-order valence-electron chi connectivity index (χ4n) is 1.93. The van der Waals surface area contributed by atoms with E-state index < -0.39 is 0 Å². The smallest absolute Gasteiger partial charge is 0.235 e. The molecule has 25 heavy (non-hydrogen) atoms. The molecule has 0 aromatic heterocycles. The molecular formula is C18H25N5O2. The summed E-state index contributed by atoms with van der Waals surface area (Å²) in [5, 5.41) is 2.88. The molecule has 0 heterocycles. The summed E-state index contributed by atoms with van der Waals surface area (Å²) in [7, 11) is 0. The third kappa shape index (κ3) is 9.21. The van der Waals surface area contributed by atoms with E-state index >= 15 is 0 Å². The molecule has 7 N–H and O–H groups in total. The maximum absolute atomic E-state index is 10.6. The van der Waals surface area contributed by atoms with Crippen LogP contribution < -0.4 is 27.9 Å². The van der Waals surface area contributed by atoms with Gasteiger partial charge in [0.25, 0.3) is 0 Å². The summed E-state index contributed by atoms with van der Waals surface area (Å²) in [6.45, 7) is 0.974. The monoisotopic (exact) mass is 343 g/mol. The highest BCUT2D eigenvalue weighted by molar-refractivity contribution is 5.76. The lowest BCUT2D eigenvalue weighted by atomic mass is 10.1.